The number of hydrogen-bond donors (Lipinski definition) is 0. The lowest BCUT2D eigenvalue weighted by Gasteiger charge is -2.18. The molecule has 32 heavy (non-hydrogen) atoms. The molecule has 2 aliphatic rings. The van der Waals surface area contributed by atoms with Gasteiger partial charge in [0.1, 0.15) is 13.2 Å². The first kappa shape index (κ1) is 19.6. The second-order valence-electron chi connectivity index (χ2n) is 7.84. The molecule has 4 aromatic rings. The van der Waals surface area contributed by atoms with Crippen molar-refractivity contribution in [1.29, 1.82) is 0 Å². The minimum absolute atomic E-state index is 0.0895. The number of thioether (sulfide) groups is 1. The molecule has 5 heterocycles. The van der Waals surface area contributed by atoms with Crippen LogP contribution in [0.1, 0.15) is 18.4 Å². The molecule has 164 valence electrons. The van der Waals surface area contributed by atoms with Gasteiger partial charge in [-0.3, -0.25) is 4.79 Å². The number of rotatable bonds is 5. The minimum atomic E-state index is -0.0895. The first-order valence-corrected chi connectivity index (χ1v) is 11.6. The van der Waals surface area contributed by atoms with Gasteiger partial charge in [-0.05, 0) is 36.6 Å². The molecule has 0 saturated carbocycles. The third-order valence-corrected chi connectivity index (χ3v) is 6.60. The van der Waals surface area contributed by atoms with Gasteiger partial charge in [0.15, 0.2) is 11.5 Å². The molecule has 0 spiro atoms. The van der Waals surface area contributed by atoms with Crippen LogP contribution in [0.25, 0.3) is 16.7 Å². The molecule has 1 aromatic carbocycles. The van der Waals surface area contributed by atoms with E-state index in [0.717, 1.165) is 36.5 Å². The average Bonchev–Trinajstić information content (AvgIpc) is 3.49. The molecule has 0 amide bonds. The summed E-state index contributed by atoms with van der Waals surface area (Å²) in [6.07, 6.45) is 5.50. The average molecular weight is 452 g/mol. The van der Waals surface area contributed by atoms with Gasteiger partial charge in [-0.2, -0.15) is 9.50 Å². The van der Waals surface area contributed by atoms with Crippen LogP contribution in [0.5, 0.6) is 11.5 Å². The van der Waals surface area contributed by atoms with Crippen molar-refractivity contribution in [3.8, 4) is 11.5 Å². The summed E-state index contributed by atoms with van der Waals surface area (Å²) in [7, 11) is 0. The maximum atomic E-state index is 13.0. The van der Waals surface area contributed by atoms with E-state index in [1.54, 1.807) is 21.5 Å². The van der Waals surface area contributed by atoms with Crippen molar-refractivity contribution in [3.05, 3.63) is 52.6 Å². The maximum absolute atomic E-state index is 13.0. The van der Waals surface area contributed by atoms with Crippen LogP contribution in [0.4, 0.5) is 0 Å². The summed E-state index contributed by atoms with van der Waals surface area (Å²) in [5, 5.41) is 5.71. The smallest absolute Gasteiger partial charge is 0.261 e. The van der Waals surface area contributed by atoms with Crippen LogP contribution < -0.4 is 15.0 Å². The van der Waals surface area contributed by atoms with E-state index in [-0.39, 0.29) is 11.7 Å². The van der Waals surface area contributed by atoms with E-state index >= 15 is 0 Å². The highest BCUT2D eigenvalue weighted by atomic mass is 32.2. The predicted molar refractivity (Wildman–Crippen MR) is 119 cm³/mol. The van der Waals surface area contributed by atoms with Gasteiger partial charge in [0.25, 0.3) is 11.3 Å². The number of ether oxygens (including phenoxy) is 3. The summed E-state index contributed by atoms with van der Waals surface area (Å²) in [6.45, 7) is 2.46. The van der Waals surface area contributed by atoms with E-state index in [2.05, 4.69) is 15.1 Å². The highest BCUT2D eigenvalue weighted by Gasteiger charge is 2.18. The SMILES string of the molecule is O=c1c2cnc3nc(SCc4ccc5c(c4)OCCO5)nn3c2ccn1CC1CCCO1. The fraction of sp³-hybridized carbons (Fsp3) is 0.364. The lowest BCUT2D eigenvalue weighted by molar-refractivity contribution is 0.0963. The monoisotopic (exact) mass is 451 g/mol. The summed E-state index contributed by atoms with van der Waals surface area (Å²) in [5.74, 6) is 2.69. The molecule has 1 unspecified atom stereocenters. The Morgan fingerprint density at radius 3 is 2.91 bits per heavy atom. The lowest BCUT2D eigenvalue weighted by atomic mass is 10.2. The number of nitrogens with zero attached hydrogens (tertiary/aromatic N) is 5. The quantitative estimate of drug-likeness (QED) is 0.428. The van der Waals surface area contributed by atoms with Gasteiger partial charge in [-0.25, -0.2) is 4.98 Å². The highest BCUT2D eigenvalue weighted by molar-refractivity contribution is 7.98. The van der Waals surface area contributed by atoms with Crippen LogP contribution in [-0.4, -0.2) is 50.1 Å². The van der Waals surface area contributed by atoms with Crippen LogP contribution in [0.3, 0.4) is 0 Å². The second kappa shape index (κ2) is 8.10. The first-order chi connectivity index (χ1) is 15.7. The van der Waals surface area contributed by atoms with Crippen molar-refractivity contribution in [2.24, 2.45) is 0 Å². The Bertz CT molecular complexity index is 1360. The zero-order valence-corrected chi connectivity index (χ0v) is 18.1. The molecule has 1 fully saturated rings. The van der Waals surface area contributed by atoms with E-state index in [0.29, 0.717) is 47.3 Å². The highest BCUT2D eigenvalue weighted by Crippen LogP contribution is 2.32. The normalized spacial score (nSPS) is 17.9. The largest absolute Gasteiger partial charge is 0.486 e. The standard InChI is InChI=1S/C22H21N5O4S/c28-20-16-11-23-21-24-22(32-13-14-3-4-18-19(10-14)31-9-8-30-18)25-27(21)17(16)5-6-26(20)12-15-2-1-7-29-15/h3-6,10-11,15H,1-2,7-9,12-13H2. The third-order valence-electron chi connectivity index (χ3n) is 5.69. The number of pyridine rings is 1. The molecule has 3 aromatic heterocycles. The molecule has 0 N–H and O–H groups in total. The summed E-state index contributed by atoms with van der Waals surface area (Å²) < 4.78 is 20.2. The van der Waals surface area contributed by atoms with E-state index in [1.807, 2.05) is 24.3 Å². The predicted octanol–water partition coefficient (Wildman–Crippen LogP) is 2.68. The first-order valence-electron chi connectivity index (χ1n) is 10.6. The summed E-state index contributed by atoms with van der Waals surface area (Å²) >= 11 is 1.51. The molecule has 9 nitrogen and oxygen atoms in total. The van der Waals surface area contributed by atoms with Crippen molar-refractivity contribution in [1.82, 2.24) is 24.1 Å². The molecule has 6 rings (SSSR count). The second-order valence-corrected chi connectivity index (χ2v) is 8.78. The Kier molecular flexibility index (Phi) is 4.95. The molecule has 0 aliphatic carbocycles. The fourth-order valence-electron chi connectivity index (χ4n) is 4.08. The molecule has 2 aliphatic heterocycles. The van der Waals surface area contributed by atoms with E-state index in [4.69, 9.17) is 14.2 Å². The Labute approximate surface area is 187 Å². The Hall–Kier alpha value is -3.11. The van der Waals surface area contributed by atoms with Crippen molar-refractivity contribution in [2.75, 3.05) is 19.8 Å². The summed E-state index contributed by atoms with van der Waals surface area (Å²) in [5.41, 5.74) is 1.70. The van der Waals surface area contributed by atoms with Gasteiger partial charge in [0.05, 0.1) is 23.6 Å². The number of hydrogen-bond acceptors (Lipinski definition) is 8. The Morgan fingerprint density at radius 2 is 2.03 bits per heavy atom. The topological polar surface area (TPSA) is 92.8 Å². The zero-order chi connectivity index (χ0) is 21.5. The molecule has 0 bridgehead atoms. The molecule has 10 heteroatoms. The fourth-order valence-corrected chi connectivity index (χ4v) is 4.84. The van der Waals surface area contributed by atoms with Crippen LogP contribution >= 0.6 is 11.8 Å². The number of benzene rings is 1. The molecule has 1 atom stereocenters. The minimum Gasteiger partial charge on any atom is -0.486 e. The van der Waals surface area contributed by atoms with Crippen LogP contribution in [0.2, 0.25) is 0 Å². The zero-order valence-electron chi connectivity index (χ0n) is 17.3. The van der Waals surface area contributed by atoms with E-state index in [9.17, 15) is 4.79 Å². The van der Waals surface area contributed by atoms with E-state index < -0.39 is 0 Å². The van der Waals surface area contributed by atoms with E-state index in [1.165, 1.54) is 11.8 Å². The van der Waals surface area contributed by atoms with Crippen LogP contribution in [-0.2, 0) is 17.0 Å². The van der Waals surface area contributed by atoms with Crippen molar-refractivity contribution in [3.63, 3.8) is 0 Å². The maximum Gasteiger partial charge on any atom is 0.261 e. The van der Waals surface area contributed by atoms with Gasteiger partial charge >= 0.3 is 0 Å². The lowest BCUT2D eigenvalue weighted by Crippen LogP contribution is -2.26. The molecular weight excluding hydrogens is 430 g/mol. The third kappa shape index (κ3) is 3.59. The van der Waals surface area contributed by atoms with Crippen LogP contribution in [0, 0.1) is 0 Å². The van der Waals surface area contributed by atoms with Crippen molar-refractivity contribution >= 4 is 28.4 Å². The van der Waals surface area contributed by atoms with Gasteiger partial charge in [-0.15, -0.1) is 5.10 Å². The van der Waals surface area contributed by atoms with Gasteiger partial charge in [0.2, 0.25) is 5.16 Å². The number of aromatic nitrogens is 5. The summed E-state index contributed by atoms with van der Waals surface area (Å²) in [4.78, 5) is 21.9. The van der Waals surface area contributed by atoms with Gasteiger partial charge in [0, 0.05) is 24.8 Å². The molecular formula is C22H21N5O4S. The molecule has 1 saturated heterocycles. The van der Waals surface area contributed by atoms with Crippen molar-refractivity contribution < 1.29 is 14.2 Å². The Balaban J connectivity index is 1.26. The Morgan fingerprint density at radius 1 is 1.12 bits per heavy atom. The van der Waals surface area contributed by atoms with Gasteiger partial charge in [-0.1, -0.05) is 17.8 Å². The molecule has 0 radical (unpaired) electrons. The van der Waals surface area contributed by atoms with Crippen LogP contribution in [0.15, 0.2) is 46.6 Å². The van der Waals surface area contributed by atoms with Crippen molar-refractivity contribution in [2.45, 2.75) is 36.4 Å². The van der Waals surface area contributed by atoms with Gasteiger partial charge < -0.3 is 18.8 Å². The summed E-state index contributed by atoms with van der Waals surface area (Å²) in [6, 6.07) is 7.82. The number of fused-ring (bicyclic) bond motifs is 4.